The molecule has 116 valence electrons. The first-order valence-electron chi connectivity index (χ1n) is 6.99. The number of carbonyl (C=O) groups is 1. The Kier molecular flexibility index (Phi) is 4.49. The van der Waals surface area contributed by atoms with Gasteiger partial charge in [-0.25, -0.2) is 0 Å². The zero-order valence-corrected chi connectivity index (χ0v) is 12.6. The molecule has 5 nitrogen and oxygen atoms in total. The van der Waals surface area contributed by atoms with Crippen molar-refractivity contribution in [3.63, 3.8) is 0 Å². The van der Waals surface area contributed by atoms with Crippen molar-refractivity contribution >= 4 is 5.78 Å². The minimum absolute atomic E-state index is 0.183. The van der Waals surface area contributed by atoms with Gasteiger partial charge in [0.1, 0.15) is 6.10 Å². The van der Waals surface area contributed by atoms with Gasteiger partial charge in [-0.15, -0.1) is 0 Å². The summed E-state index contributed by atoms with van der Waals surface area (Å²) >= 11 is 0. The lowest BCUT2D eigenvalue weighted by molar-refractivity contribution is -0.0399. The Morgan fingerprint density at radius 2 is 1.95 bits per heavy atom. The molecule has 0 aliphatic heterocycles. The van der Waals surface area contributed by atoms with Crippen LogP contribution in [-0.2, 0) is 24.4 Å². The number of benzene rings is 1. The first-order valence-corrected chi connectivity index (χ1v) is 6.99. The summed E-state index contributed by atoms with van der Waals surface area (Å²) in [5.74, 6) is -1.01. The van der Waals surface area contributed by atoms with Gasteiger partial charge < -0.3 is 20.1 Å². The van der Waals surface area contributed by atoms with Crippen LogP contribution in [0.4, 0.5) is 0 Å². The Hall–Kier alpha value is -1.27. The van der Waals surface area contributed by atoms with E-state index in [4.69, 9.17) is 4.74 Å². The van der Waals surface area contributed by atoms with Crippen LogP contribution in [0.2, 0.25) is 0 Å². The van der Waals surface area contributed by atoms with Crippen molar-refractivity contribution in [1.29, 1.82) is 0 Å². The Balaban J connectivity index is 2.59. The lowest BCUT2D eigenvalue weighted by atomic mass is 9.71. The lowest BCUT2D eigenvalue weighted by Gasteiger charge is -2.37. The molecule has 1 aromatic carbocycles. The van der Waals surface area contributed by atoms with Gasteiger partial charge in [0.25, 0.3) is 0 Å². The highest BCUT2D eigenvalue weighted by atomic mass is 16.5. The smallest absolute Gasteiger partial charge is 0.192 e. The second-order valence-electron chi connectivity index (χ2n) is 6.10. The Morgan fingerprint density at radius 3 is 2.48 bits per heavy atom. The number of Topliss-reactive ketones (excluding diaryl/α,β-unsaturated/α-hetero) is 1. The van der Waals surface area contributed by atoms with Crippen LogP contribution < -0.4 is 0 Å². The Bertz CT molecular complexity index is 544. The minimum atomic E-state index is -1.25. The largest absolute Gasteiger partial charge is 0.392 e. The third-order valence-electron chi connectivity index (χ3n) is 4.19. The standard InChI is InChI=1S/C16H22O5/c1-16(2,20)12-6-11-9(7-17)4-5-10(8-21-3)13(11)15(19)14(12)18/h4-5,12,14,17-18,20H,6-8H2,1-3H3. The van der Waals surface area contributed by atoms with Crippen LogP contribution >= 0.6 is 0 Å². The van der Waals surface area contributed by atoms with Gasteiger partial charge in [-0.1, -0.05) is 12.1 Å². The second-order valence-corrected chi connectivity index (χ2v) is 6.10. The van der Waals surface area contributed by atoms with Gasteiger partial charge in [-0.2, -0.15) is 0 Å². The van der Waals surface area contributed by atoms with Crippen molar-refractivity contribution in [2.75, 3.05) is 7.11 Å². The molecule has 0 saturated carbocycles. The van der Waals surface area contributed by atoms with Crippen molar-refractivity contribution in [1.82, 2.24) is 0 Å². The fraction of sp³-hybridized carbons (Fsp3) is 0.562. The Labute approximate surface area is 124 Å². The molecule has 1 aliphatic rings. The number of hydrogen-bond donors (Lipinski definition) is 3. The van der Waals surface area contributed by atoms with Crippen molar-refractivity contribution < 1.29 is 24.9 Å². The van der Waals surface area contributed by atoms with Crippen molar-refractivity contribution in [2.24, 2.45) is 5.92 Å². The van der Waals surface area contributed by atoms with Crippen LogP contribution in [0.5, 0.6) is 0 Å². The molecule has 0 saturated heterocycles. The van der Waals surface area contributed by atoms with Crippen LogP contribution in [0.15, 0.2) is 12.1 Å². The van der Waals surface area contributed by atoms with Gasteiger partial charge in [0.2, 0.25) is 0 Å². The van der Waals surface area contributed by atoms with E-state index in [1.807, 2.05) is 0 Å². The van der Waals surface area contributed by atoms with Gasteiger partial charge in [0.15, 0.2) is 5.78 Å². The SMILES string of the molecule is COCc1ccc(CO)c2c1C(=O)C(O)C(C(C)(C)O)C2. The molecule has 0 aromatic heterocycles. The normalized spacial score (nSPS) is 22.3. The number of methoxy groups -OCH3 is 1. The van der Waals surface area contributed by atoms with Crippen LogP contribution in [0.25, 0.3) is 0 Å². The molecule has 5 heteroatoms. The first kappa shape index (κ1) is 16.1. The fourth-order valence-corrected chi connectivity index (χ4v) is 3.00. The molecule has 1 aromatic rings. The van der Waals surface area contributed by atoms with E-state index in [9.17, 15) is 20.1 Å². The maximum atomic E-state index is 12.5. The number of hydrogen-bond acceptors (Lipinski definition) is 5. The maximum Gasteiger partial charge on any atom is 0.192 e. The zero-order valence-electron chi connectivity index (χ0n) is 12.6. The van der Waals surface area contributed by atoms with Crippen LogP contribution in [-0.4, -0.2) is 39.9 Å². The number of fused-ring (bicyclic) bond motifs is 1. The van der Waals surface area contributed by atoms with E-state index in [1.54, 1.807) is 26.0 Å². The zero-order chi connectivity index (χ0) is 15.8. The van der Waals surface area contributed by atoms with Crippen LogP contribution in [0.1, 0.15) is 40.9 Å². The molecule has 0 amide bonds. The third-order valence-corrected chi connectivity index (χ3v) is 4.19. The van der Waals surface area contributed by atoms with E-state index in [-0.39, 0.29) is 13.2 Å². The second kappa shape index (κ2) is 5.85. The molecule has 1 aliphatic carbocycles. The molecule has 0 fully saturated rings. The molecule has 2 rings (SSSR count). The van der Waals surface area contributed by atoms with E-state index in [2.05, 4.69) is 0 Å². The number of aliphatic hydroxyl groups is 3. The summed E-state index contributed by atoms with van der Waals surface area (Å²) in [7, 11) is 1.54. The van der Waals surface area contributed by atoms with Crippen molar-refractivity contribution in [3.8, 4) is 0 Å². The molecule has 0 bridgehead atoms. The molecular weight excluding hydrogens is 272 g/mol. The molecule has 0 radical (unpaired) electrons. The molecule has 2 unspecified atom stereocenters. The van der Waals surface area contributed by atoms with Gasteiger partial charge in [0, 0.05) is 18.6 Å². The van der Waals surface area contributed by atoms with E-state index in [1.165, 1.54) is 7.11 Å². The third kappa shape index (κ3) is 2.87. The number of carbonyl (C=O) groups excluding carboxylic acids is 1. The van der Waals surface area contributed by atoms with E-state index in [0.29, 0.717) is 28.7 Å². The van der Waals surface area contributed by atoms with E-state index >= 15 is 0 Å². The topological polar surface area (TPSA) is 87.0 Å². The maximum absolute atomic E-state index is 12.5. The van der Waals surface area contributed by atoms with Gasteiger partial charge in [-0.3, -0.25) is 4.79 Å². The van der Waals surface area contributed by atoms with Crippen LogP contribution in [0, 0.1) is 5.92 Å². The molecular formula is C16H22O5. The molecule has 3 N–H and O–H groups in total. The first-order chi connectivity index (χ1) is 9.81. The van der Waals surface area contributed by atoms with Gasteiger partial charge >= 0.3 is 0 Å². The molecule has 21 heavy (non-hydrogen) atoms. The fourth-order valence-electron chi connectivity index (χ4n) is 3.00. The number of aliphatic hydroxyl groups excluding tert-OH is 2. The van der Waals surface area contributed by atoms with Gasteiger partial charge in [-0.05, 0) is 37.0 Å². The molecule has 0 heterocycles. The molecule has 2 atom stereocenters. The number of ketones is 1. The highest BCUT2D eigenvalue weighted by molar-refractivity contribution is 6.03. The minimum Gasteiger partial charge on any atom is -0.392 e. The highest BCUT2D eigenvalue weighted by Gasteiger charge is 2.43. The average Bonchev–Trinajstić information content (AvgIpc) is 2.41. The summed E-state index contributed by atoms with van der Waals surface area (Å²) in [5, 5.41) is 29.9. The van der Waals surface area contributed by atoms with Crippen LogP contribution in [0.3, 0.4) is 0 Å². The summed E-state index contributed by atoms with van der Waals surface area (Å²) in [6.07, 6.45) is -0.902. The monoisotopic (exact) mass is 294 g/mol. The predicted molar refractivity (Wildman–Crippen MR) is 76.9 cm³/mol. The summed E-state index contributed by atoms with van der Waals surface area (Å²) in [6, 6.07) is 3.50. The summed E-state index contributed by atoms with van der Waals surface area (Å²) in [5.41, 5.74) is 1.30. The predicted octanol–water partition coefficient (Wildman–Crippen LogP) is 0.812. The van der Waals surface area contributed by atoms with Gasteiger partial charge in [0.05, 0.1) is 18.8 Å². The highest BCUT2D eigenvalue weighted by Crippen LogP contribution is 2.36. The van der Waals surface area contributed by atoms with Crippen molar-refractivity contribution in [3.05, 3.63) is 34.4 Å². The lowest BCUT2D eigenvalue weighted by Crippen LogP contribution is -2.48. The Morgan fingerprint density at radius 1 is 1.33 bits per heavy atom. The quantitative estimate of drug-likeness (QED) is 0.765. The van der Waals surface area contributed by atoms with E-state index < -0.39 is 23.4 Å². The van der Waals surface area contributed by atoms with Crippen molar-refractivity contribution in [2.45, 2.75) is 45.2 Å². The van der Waals surface area contributed by atoms with E-state index in [0.717, 1.165) is 0 Å². The summed E-state index contributed by atoms with van der Waals surface area (Å²) < 4.78 is 5.10. The summed E-state index contributed by atoms with van der Waals surface area (Å²) in [4.78, 5) is 12.5. The number of ether oxygens (including phenoxy) is 1. The average molecular weight is 294 g/mol. The molecule has 0 spiro atoms. The number of rotatable bonds is 4. The summed E-state index contributed by atoms with van der Waals surface area (Å²) in [6.45, 7) is 3.24.